The van der Waals surface area contributed by atoms with Crippen molar-refractivity contribution in [2.45, 2.75) is 6.61 Å². The van der Waals surface area contributed by atoms with Crippen LogP contribution >= 0.6 is 34.4 Å². The number of nitrogens with zero attached hydrogens (tertiary/aromatic N) is 2. The fourth-order valence-electron chi connectivity index (χ4n) is 4.01. The van der Waals surface area contributed by atoms with Gasteiger partial charge in [0.1, 0.15) is 19.0 Å². The van der Waals surface area contributed by atoms with E-state index < -0.39 is 0 Å². The highest BCUT2D eigenvalue weighted by Gasteiger charge is 2.35. The molecule has 1 fully saturated rings. The largest absolute Gasteiger partial charge is 0.493 e. The second kappa shape index (κ2) is 11.9. The van der Waals surface area contributed by atoms with E-state index in [1.807, 2.05) is 66.7 Å². The Morgan fingerprint density at radius 2 is 1.79 bits per heavy atom. The molecule has 0 N–H and O–H groups in total. The van der Waals surface area contributed by atoms with Crippen LogP contribution < -0.4 is 14.2 Å². The molecule has 0 spiro atoms. The van der Waals surface area contributed by atoms with Gasteiger partial charge in [0.05, 0.1) is 27.8 Å². The lowest BCUT2D eigenvalue weighted by atomic mass is 10.1. The molecule has 1 aliphatic heterocycles. The lowest BCUT2D eigenvalue weighted by Gasteiger charge is -2.14. The number of amides is 2. The van der Waals surface area contributed by atoms with Crippen LogP contribution in [0.15, 0.2) is 83.9 Å². The lowest BCUT2D eigenvalue weighted by molar-refractivity contribution is -0.123. The molecule has 4 aromatic rings. The van der Waals surface area contributed by atoms with Gasteiger partial charge >= 0.3 is 0 Å². The van der Waals surface area contributed by atoms with Gasteiger partial charge in [0.2, 0.25) is 0 Å². The summed E-state index contributed by atoms with van der Waals surface area (Å²) < 4.78 is 18.3. The summed E-state index contributed by atoms with van der Waals surface area (Å²) in [6.07, 6.45) is 3.41. The van der Waals surface area contributed by atoms with Crippen LogP contribution in [0.1, 0.15) is 11.3 Å². The van der Waals surface area contributed by atoms with E-state index in [4.69, 9.17) is 14.2 Å². The zero-order valence-corrected chi connectivity index (χ0v) is 23.4. The first-order valence-corrected chi connectivity index (χ1v) is 13.7. The molecule has 3 aromatic carbocycles. The molecule has 192 valence electrons. The highest BCUT2D eigenvalue weighted by Crippen LogP contribution is 2.37. The molecule has 0 atom stereocenters. The van der Waals surface area contributed by atoms with Crippen LogP contribution in [0.3, 0.4) is 0 Å². The monoisotopic (exact) mass is 638 g/mol. The van der Waals surface area contributed by atoms with E-state index in [1.165, 1.54) is 4.90 Å². The smallest absolute Gasteiger partial charge is 0.293 e. The summed E-state index contributed by atoms with van der Waals surface area (Å²) in [6.45, 7) is 0.659. The molecule has 0 aliphatic carbocycles. The van der Waals surface area contributed by atoms with Crippen molar-refractivity contribution in [3.63, 3.8) is 0 Å². The zero-order valence-electron chi connectivity index (χ0n) is 20.4. The second-order valence-corrected chi connectivity index (χ2v) is 10.5. The minimum atomic E-state index is -0.342. The summed E-state index contributed by atoms with van der Waals surface area (Å²) in [4.78, 5) is 31.5. The Balaban J connectivity index is 1.26. The number of carbonyl (C=O) groups is 2. The van der Waals surface area contributed by atoms with Gasteiger partial charge in [0.15, 0.2) is 11.5 Å². The van der Waals surface area contributed by atoms with Gasteiger partial charge in [-0.3, -0.25) is 19.5 Å². The molecule has 1 aromatic heterocycles. The second-order valence-electron chi connectivity index (χ2n) is 8.30. The highest BCUT2D eigenvalue weighted by atomic mass is 127. The number of halogens is 1. The van der Waals surface area contributed by atoms with Crippen molar-refractivity contribution >= 4 is 62.3 Å². The molecule has 38 heavy (non-hydrogen) atoms. The Labute approximate surface area is 237 Å². The number of ether oxygens (including phenoxy) is 3. The number of fused-ring (bicyclic) bond motifs is 1. The third kappa shape index (κ3) is 5.78. The molecular weight excluding hydrogens is 615 g/mol. The fraction of sp³-hybridized carbons (Fsp3) is 0.138. The maximum absolute atomic E-state index is 13.0. The normalized spacial score (nSPS) is 14.4. The van der Waals surface area contributed by atoms with E-state index in [0.29, 0.717) is 23.0 Å². The van der Waals surface area contributed by atoms with E-state index in [1.54, 1.807) is 25.4 Å². The molecule has 9 heteroatoms. The minimum Gasteiger partial charge on any atom is -0.493 e. The Kier molecular flexibility index (Phi) is 8.14. The molecule has 2 heterocycles. The Morgan fingerprint density at radius 1 is 0.974 bits per heavy atom. The maximum Gasteiger partial charge on any atom is 0.293 e. The van der Waals surface area contributed by atoms with E-state index in [2.05, 4.69) is 27.6 Å². The Bertz CT molecular complexity index is 1520. The quantitative estimate of drug-likeness (QED) is 0.152. The van der Waals surface area contributed by atoms with Gasteiger partial charge in [-0.25, -0.2) is 0 Å². The Morgan fingerprint density at radius 3 is 2.61 bits per heavy atom. The molecule has 2 amide bonds. The third-order valence-electron chi connectivity index (χ3n) is 5.84. The number of hydrogen-bond acceptors (Lipinski definition) is 7. The standard InChI is InChI=1S/C29H23IN2O5S/c1-35-25-16-19(15-23(30)27(25)37-18-21-9-4-5-12-31-21)17-26-28(33)32(29(34)38-26)13-14-36-24-11-6-8-20-7-2-3-10-22(20)24/h2-12,15-17H,13-14,18H2,1H3/b26-17-. The van der Waals surface area contributed by atoms with Gasteiger partial charge < -0.3 is 14.2 Å². The van der Waals surface area contributed by atoms with Crippen molar-refractivity contribution < 1.29 is 23.8 Å². The number of rotatable bonds is 9. The van der Waals surface area contributed by atoms with Crippen LogP contribution in [-0.4, -0.2) is 41.3 Å². The molecule has 0 radical (unpaired) electrons. The predicted octanol–water partition coefficient (Wildman–Crippen LogP) is 6.54. The SMILES string of the molecule is COc1cc(/C=C2\SC(=O)N(CCOc3cccc4ccccc34)C2=O)cc(I)c1OCc1ccccn1. The van der Waals surface area contributed by atoms with E-state index in [9.17, 15) is 9.59 Å². The molecule has 1 saturated heterocycles. The van der Waals surface area contributed by atoms with Gasteiger partial charge in [0.25, 0.3) is 11.1 Å². The van der Waals surface area contributed by atoms with E-state index in [0.717, 1.165) is 43.1 Å². The van der Waals surface area contributed by atoms with Crippen molar-refractivity contribution in [3.8, 4) is 17.2 Å². The average molecular weight is 638 g/mol. The van der Waals surface area contributed by atoms with Crippen LogP contribution in [0, 0.1) is 3.57 Å². The zero-order chi connectivity index (χ0) is 26.5. The predicted molar refractivity (Wildman–Crippen MR) is 156 cm³/mol. The number of imide groups is 1. The number of pyridine rings is 1. The van der Waals surface area contributed by atoms with Crippen molar-refractivity contribution in [1.29, 1.82) is 0 Å². The Hall–Kier alpha value is -3.57. The third-order valence-corrected chi connectivity index (χ3v) is 7.54. The summed E-state index contributed by atoms with van der Waals surface area (Å²) >= 11 is 3.08. The van der Waals surface area contributed by atoms with Crippen LogP contribution in [0.5, 0.6) is 17.2 Å². The van der Waals surface area contributed by atoms with Crippen molar-refractivity contribution in [1.82, 2.24) is 9.88 Å². The molecule has 5 rings (SSSR count). The summed E-state index contributed by atoms with van der Waals surface area (Å²) in [6, 6.07) is 23.0. The van der Waals surface area contributed by atoms with Crippen molar-refractivity contribution in [2.75, 3.05) is 20.3 Å². The summed E-state index contributed by atoms with van der Waals surface area (Å²) in [5.41, 5.74) is 1.53. The first-order valence-electron chi connectivity index (χ1n) is 11.8. The molecule has 1 aliphatic rings. The van der Waals surface area contributed by atoms with E-state index in [-0.39, 0.29) is 24.3 Å². The topological polar surface area (TPSA) is 78.0 Å². The minimum absolute atomic E-state index is 0.159. The summed E-state index contributed by atoms with van der Waals surface area (Å²) in [5.74, 6) is 1.50. The van der Waals surface area contributed by atoms with Crippen LogP contribution in [0.4, 0.5) is 4.79 Å². The van der Waals surface area contributed by atoms with Gasteiger partial charge in [-0.2, -0.15) is 0 Å². The van der Waals surface area contributed by atoms with Gasteiger partial charge in [0, 0.05) is 11.6 Å². The first kappa shape index (κ1) is 26.1. The number of hydrogen-bond donors (Lipinski definition) is 0. The number of benzene rings is 3. The van der Waals surface area contributed by atoms with Crippen molar-refractivity contribution in [2.24, 2.45) is 0 Å². The molecule has 0 saturated carbocycles. The molecular formula is C29H23IN2O5S. The summed E-state index contributed by atoms with van der Waals surface area (Å²) in [5, 5.41) is 1.73. The highest BCUT2D eigenvalue weighted by molar-refractivity contribution is 14.1. The van der Waals surface area contributed by atoms with Crippen LogP contribution in [0.25, 0.3) is 16.8 Å². The number of thioether (sulfide) groups is 1. The van der Waals surface area contributed by atoms with Crippen molar-refractivity contribution in [3.05, 3.63) is 98.7 Å². The lowest BCUT2D eigenvalue weighted by Crippen LogP contribution is -2.32. The van der Waals surface area contributed by atoms with E-state index >= 15 is 0 Å². The first-order chi connectivity index (χ1) is 18.5. The van der Waals surface area contributed by atoms with Gasteiger partial charge in [-0.15, -0.1) is 0 Å². The molecule has 0 unspecified atom stereocenters. The average Bonchev–Trinajstić information content (AvgIpc) is 3.20. The number of aromatic nitrogens is 1. The van der Waals surface area contributed by atoms with Crippen LogP contribution in [0.2, 0.25) is 0 Å². The fourth-order valence-corrected chi connectivity index (χ4v) is 5.65. The molecule has 0 bridgehead atoms. The summed E-state index contributed by atoms with van der Waals surface area (Å²) in [7, 11) is 1.56. The number of methoxy groups -OCH3 is 1. The maximum atomic E-state index is 13.0. The molecule has 7 nitrogen and oxygen atoms in total. The van der Waals surface area contributed by atoms with Crippen LogP contribution in [-0.2, 0) is 11.4 Å². The van der Waals surface area contributed by atoms with Gasteiger partial charge in [-0.1, -0.05) is 42.5 Å². The number of carbonyl (C=O) groups excluding carboxylic acids is 2. The van der Waals surface area contributed by atoms with Gasteiger partial charge in [-0.05, 0) is 81.7 Å².